The highest BCUT2D eigenvalue weighted by Crippen LogP contribution is 2.18. The molecule has 1 aromatic heterocycles. The van der Waals surface area contributed by atoms with E-state index >= 15 is 0 Å². The molecule has 2 rings (SSSR count). The molecule has 0 bridgehead atoms. The van der Waals surface area contributed by atoms with Gasteiger partial charge < -0.3 is 5.73 Å². The molecule has 0 saturated carbocycles. The molecule has 0 aliphatic heterocycles. The summed E-state index contributed by atoms with van der Waals surface area (Å²) in [6.45, 7) is 0. The minimum atomic E-state index is -0.253. The Morgan fingerprint density at radius 3 is 2.40 bits per heavy atom. The van der Waals surface area contributed by atoms with Crippen LogP contribution in [0.3, 0.4) is 0 Å². The molecular formula is C12H11FN2. The zero-order chi connectivity index (χ0) is 10.7. The Morgan fingerprint density at radius 2 is 1.80 bits per heavy atom. The highest BCUT2D eigenvalue weighted by Gasteiger charge is 2.08. The zero-order valence-electron chi connectivity index (χ0n) is 8.10. The van der Waals surface area contributed by atoms with Crippen LogP contribution in [0.5, 0.6) is 0 Å². The van der Waals surface area contributed by atoms with Crippen molar-refractivity contribution in [2.24, 2.45) is 5.73 Å². The molecule has 15 heavy (non-hydrogen) atoms. The van der Waals surface area contributed by atoms with Gasteiger partial charge in [-0.2, -0.15) is 0 Å². The average molecular weight is 202 g/mol. The number of benzene rings is 1. The van der Waals surface area contributed by atoms with Crippen molar-refractivity contribution in [2.75, 3.05) is 0 Å². The van der Waals surface area contributed by atoms with Gasteiger partial charge in [-0.05, 0) is 29.3 Å². The molecule has 0 aliphatic carbocycles. The molecule has 3 heteroatoms. The third-order valence-corrected chi connectivity index (χ3v) is 2.27. The third-order valence-electron chi connectivity index (χ3n) is 2.27. The number of aromatic nitrogens is 1. The maximum atomic E-state index is 12.7. The van der Waals surface area contributed by atoms with Crippen molar-refractivity contribution < 1.29 is 4.39 Å². The molecule has 1 atom stereocenters. The van der Waals surface area contributed by atoms with Crippen molar-refractivity contribution in [1.82, 2.24) is 4.98 Å². The molecule has 0 fully saturated rings. The first-order chi connectivity index (χ1) is 7.27. The largest absolute Gasteiger partial charge is 0.320 e. The van der Waals surface area contributed by atoms with Crippen LogP contribution in [-0.4, -0.2) is 4.98 Å². The van der Waals surface area contributed by atoms with Crippen LogP contribution in [-0.2, 0) is 0 Å². The lowest BCUT2D eigenvalue weighted by Gasteiger charge is -2.11. The van der Waals surface area contributed by atoms with Gasteiger partial charge in [0.15, 0.2) is 0 Å². The number of nitrogens with two attached hydrogens (primary N) is 1. The lowest BCUT2D eigenvalue weighted by atomic mass is 10.0. The molecule has 2 aromatic rings. The first-order valence-electron chi connectivity index (χ1n) is 4.68. The van der Waals surface area contributed by atoms with Gasteiger partial charge in [0.05, 0.1) is 6.04 Å². The fourth-order valence-corrected chi connectivity index (χ4v) is 1.42. The monoisotopic (exact) mass is 202 g/mol. The summed E-state index contributed by atoms with van der Waals surface area (Å²) in [6, 6.07) is 9.68. The van der Waals surface area contributed by atoms with Crippen molar-refractivity contribution in [3.8, 4) is 0 Å². The fourth-order valence-electron chi connectivity index (χ4n) is 1.42. The van der Waals surface area contributed by atoms with Crippen LogP contribution in [0, 0.1) is 5.82 Å². The van der Waals surface area contributed by atoms with E-state index in [2.05, 4.69) is 4.98 Å². The molecular weight excluding hydrogens is 191 g/mol. The summed E-state index contributed by atoms with van der Waals surface area (Å²) >= 11 is 0. The number of nitrogens with zero attached hydrogens (tertiary/aromatic N) is 1. The molecule has 1 heterocycles. The number of hydrogen-bond acceptors (Lipinski definition) is 2. The summed E-state index contributed by atoms with van der Waals surface area (Å²) in [5.74, 6) is -0.253. The summed E-state index contributed by atoms with van der Waals surface area (Å²) in [5, 5.41) is 0. The molecule has 0 aliphatic rings. The van der Waals surface area contributed by atoms with Crippen molar-refractivity contribution in [1.29, 1.82) is 0 Å². The standard InChI is InChI=1S/C12H11FN2/c13-11-5-3-9(4-6-11)12(14)10-2-1-7-15-8-10/h1-8,12H,14H2/t12-/m1/s1. The number of hydrogen-bond donors (Lipinski definition) is 1. The van der Waals surface area contributed by atoms with Crippen LogP contribution in [0.25, 0.3) is 0 Å². The van der Waals surface area contributed by atoms with E-state index in [4.69, 9.17) is 5.73 Å². The second-order valence-corrected chi connectivity index (χ2v) is 3.32. The van der Waals surface area contributed by atoms with E-state index in [1.54, 1.807) is 24.5 Å². The second kappa shape index (κ2) is 4.19. The predicted molar refractivity (Wildman–Crippen MR) is 56.7 cm³/mol. The van der Waals surface area contributed by atoms with Gasteiger partial charge in [-0.25, -0.2) is 4.39 Å². The van der Waals surface area contributed by atoms with Crippen LogP contribution in [0.15, 0.2) is 48.8 Å². The number of halogens is 1. The normalized spacial score (nSPS) is 12.4. The highest BCUT2D eigenvalue weighted by molar-refractivity contribution is 5.29. The van der Waals surface area contributed by atoms with E-state index in [0.29, 0.717) is 0 Å². The van der Waals surface area contributed by atoms with Crippen molar-refractivity contribution >= 4 is 0 Å². The van der Waals surface area contributed by atoms with E-state index < -0.39 is 0 Å². The van der Waals surface area contributed by atoms with Gasteiger partial charge >= 0.3 is 0 Å². The van der Waals surface area contributed by atoms with E-state index in [1.165, 1.54) is 12.1 Å². The van der Waals surface area contributed by atoms with Gasteiger partial charge in [-0.1, -0.05) is 18.2 Å². The molecule has 2 nitrogen and oxygen atoms in total. The predicted octanol–water partition coefficient (Wildman–Crippen LogP) is 2.27. The van der Waals surface area contributed by atoms with Crippen LogP contribution in [0.1, 0.15) is 17.2 Å². The highest BCUT2D eigenvalue weighted by atomic mass is 19.1. The first-order valence-corrected chi connectivity index (χ1v) is 4.68. The molecule has 0 amide bonds. The summed E-state index contributed by atoms with van der Waals surface area (Å²) in [4.78, 5) is 3.99. The van der Waals surface area contributed by atoms with E-state index in [-0.39, 0.29) is 11.9 Å². The minimum Gasteiger partial charge on any atom is -0.320 e. The Labute approximate surface area is 87.6 Å². The van der Waals surface area contributed by atoms with Gasteiger partial charge in [-0.3, -0.25) is 4.98 Å². The fraction of sp³-hybridized carbons (Fsp3) is 0.0833. The number of pyridine rings is 1. The summed E-state index contributed by atoms with van der Waals surface area (Å²) in [5.41, 5.74) is 7.80. The molecule has 0 unspecified atom stereocenters. The Morgan fingerprint density at radius 1 is 1.07 bits per heavy atom. The quantitative estimate of drug-likeness (QED) is 0.811. The Hall–Kier alpha value is -1.74. The first kappa shape index (κ1) is 9.80. The summed E-state index contributed by atoms with van der Waals surface area (Å²) < 4.78 is 12.7. The second-order valence-electron chi connectivity index (χ2n) is 3.32. The van der Waals surface area contributed by atoms with E-state index in [0.717, 1.165) is 11.1 Å². The Kier molecular flexibility index (Phi) is 2.74. The molecule has 0 radical (unpaired) electrons. The minimum absolute atomic E-state index is 0.251. The van der Waals surface area contributed by atoms with Crippen molar-refractivity contribution in [3.63, 3.8) is 0 Å². The zero-order valence-corrected chi connectivity index (χ0v) is 8.10. The summed E-state index contributed by atoms with van der Waals surface area (Å²) in [6.07, 6.45) is 3.41. The van der Waals surface area contributed by atoms with E-state index in [1.807, 2.05) is 12.1 Å². The third kappa shape index (κ3) is 2.19. The van der Waals surface area contributed by atoms with Gasteiger partial charge in [-0.15, -0.1) is 0 Å². The Bertz CT molecular complexity index is 425. The van der Waals surface area contributed by atoms with Gasteiger partial charge in [0, 0.05) is 12.4 Å². The van der Waals surface area contributed by atoms with Crippen molar-refractivity contribution in [2.45, 2.75) is 6.04 Å². The maximum Gasteiger partial charge on any atom is 0.123 e. The molecule has 0 saturated heterocycles. The van der Waals surface area contributed by atoms with Gasteiger partial charge in [0.25, 0.3) is 0 Å². The number of rotatable bonds is 2. The van der Waals surface area contributed by atoms with Crippen molar-refractivity contribution in [3.05, 3.63) is 65.7 Å². The van der Waals surface area contributed by atoms with Crippen LogP contribution in [0.2, 0.25) is 0 Å². The lowest BCUT2D eigenvalue weighted by Crippen LogP contribution is -2.11. The molecule has 0 spiro atoms. The van der Waals surface area contributed by atoms with E-state index in [9.17, 15) is 4.39 Å². The smallest absolute Gasteiger partial charge is 0.123 e. The average Bonchev–Trinajstić information content (AvgIpc) is 2.30. The Balaban J connectivity index is 2.29. The molecule has 2 N–H and O–H groups in total. The van der Waals surface area contributed by atoms with Crippen LogP contribution >= 0.6 is 0 Å². The van der Waals surface area contributed by atoms with Gasteiger partial charge in [0.2, 0.25) is 0 Å². The van der Waals surface area contributed by atoms with Crippen LogP contribution in [0.4, 0.5) is 4.39 Å². The van der Waals surface area contributed by atoms with Crippen LogP contribution < -0.4 is 5.73 Å². The SMILES string of the molecule is N[C@H](c1ccc(F)cc1)c1cccnc1. The topological polar surface area (TPSA) is 38.9 Å². The lowest BCUT2D eigenvalue weighted by molar-refractivity contribution is 0.626. The van der Waals surface area contributed by atoms with Gasteiger partial charge in [0.1, 0.15) is 5.82 Å². The molecule has 76 valence electrons. The summed E-state index contributed by atoms with van der Waals surface area (Å²) in [7, 11) is 0. The maximum absolute atomic E-state index is 12.7. The molecule has 1 aromatic carbocycles.